The Bertz CT molecular complexity index is 1440. The Morgan fingerprint density at radius 3 is 2.41 bits per heavy atom. The number of esters is 1. The van der Waals surface area contributed by atoms with E-state index in [4.69, 9.17) is 4.74 Å². The fraction of sp³-hybridized carbons (Fsp3) is 0.639. The second-order valence-electron chi connectivity index (χ2n) is 14.1. The van der Waals surface area contributed by atoms with Gasteiger partial charge in [-0.15, -0.1) is 0 Å². The summed E-state index contributed by atoms with van der Waals surface area (Å²) >= 11 is 0. The number of likely N-dealkylation sites (tertiary alicyclic amines) is 1. The van der Waals surface area contributed by atoms with Crippen LogP contribution < -0.4 is 10.2 Å². The van der Waals surface area contributed by atoms with Gasteiger partial charge in [-0.2, -0.15) is 0 Å². The normalized spacial score (nSPS) is 24.5. The summed E-state index contributed by atoms with van der Waals surface area (Å²) in [6.07, 6.45) is 6.74. The predicted octanol–water partition coefficient (Wildman–Crippen LogP) is 5.39. The molecule has 2 saturated heterocycles. The minimum atomic E-state index is -3.17. The van der Waals surface area contributed by atoms with Gasteiger partial charge in [-0.1, -0.05) is 18.6 Å². The first kappa shape index (κ1) is 33.3. The number of piperidine rings is 1. The number of methoxy groups -OCH3 is 1. The summed E-state index contributed by atoms with van der Waals surface area (Å²) in [5.41, 5.74) is 1.62. The zero-order chi connectivity index (χ0) is 32.3. The lowest BCUT2D eigenvalue weighted by atomic mass is 9.57. The van der Waals surface area contributed by atoms with E-state index >= 15 is 0 Å². The number of nitrogens with zero attached hydrogens (tertiary/aromatic N) is 2. The molecule has 46 heavy (non-hydrogen) atoms. The van der Waals surface area contributed by atoms with Crippen LogP contribution in [0, 0.1) is 29.5 Å². The van der Waals surface area contributed by atoms with Crippen molar-refractivity contribution in [3.63, 3.8) is 0 Å². The minimum Gasteiger partial charge on any atom is -0.469 e. The van der Waals surface area contributed by atoms with E-state index in [1.165, 1.54) is 13.2 Å². The lowest BCUT2D eigenvalue weighted by molar-refractivity contribution is -0.142. The van der Waals surface area contributed by atoms with E-state index < -0.39 is 21.9 Å². The molecule has 0 unspecified atom stereocenters. The van der Waals surface area contributed by atoms with Crippen molar-refractivity contribution in [2.24, 2.45) is 23.7 Å². The molecule has 7 nitrogen and oxygen atoms in total. The number of ether oxygens (including phenoxy) is 1. The Hall–Kier alpha value is -2.56. The van der Waals surface area contributed by atoms with Crippen LogP contribution in [0.25, 0.3) is 0 Å². The van der Waals surface area contributed by atoms with Crippen LogP contribution in [0.5, 0.6) is 0 Å². The van der Waals surface area contributed by atoms with Crippen molar-refractivity contribution >= 4 is 21.5 Å². The number of carbonyl (C=O) groups is 1. The number of carbonyl (C=O) groups excluding carboxylic acids is 1. The maximum Gasteiger partial charge on any atom is 0.305 e. The zero-order valence-electron chi connectivity index (χ0n) is 27.0. The topological polar surface area (TPSA) is 79.0 Å². The van der Waals surface area contributed by atoms with Crippen molar-refractivity contribution in [2.45, 2.75) is 66.9 Å². The van der Waals surface area contributed by atoms with Crippen LogP contribution in [-0.4, -0.2) is 84.1 Å². The van der Waals surface area contributed by atoms with Gasteiger partial charge in [-0.25, -0.2) is 17.2 Å². The number of rotatable bonds is 14. The standard InChI is InChI=1S/C36H49F2N3O4S/c1-45-35(42)20-27-4-2-7-34(27)36(25-39-17-16-37,29-5-3-6-30(38)21-29)28-14-18-40(19-15-28)22-26-23-41(24-26)31-8-10-32(11-9-31)46(43,44)33-12-13-33/h3,5-6,8-11,21,26-28,33-34,39H,2,4,7,12-20,22-25H2,1H3/t27-,34+,36+/m1/s1. The number of anilines is 1. The first-order chi connectivity index (χ1) is 22.2. The van der Waals surface area contributed by atoms with Crippen LogP contribution in [0.15, 0.2) is 53.4 Å². The van der Waals surface area contributed by atoms with Gasteiger partial charge in [-0.3, -0.25) is 4.79 Å². The van der Waals surface area contributed by atoms with E-state index in [2.05, 4.69) is 15.1 Å². The summed E-state index contributed by atoms with van der Waals surface area (Å²) in [6, 6.07) is 14.4. The van der Waals surface area contributed by atoms with Gasteiger partial charge in [0.2, 0.25) is 0 Å². The molecule has 3 atom stereocenters. The number of hydrogen-bond donors (Lipinski definition) is 1. The molecule has 2 heterocycles. The number of halogens is 2. The summed E-state index contributed by atoms with van der Waals surface area (Å²) in [7, 11) is -1.73. The number of benzene rings is 2. The Balaban J connectivity index is 1.12. The molecule has 4 aliphatic rings. The molecule has 0 amide bonds. The van der Waals surface area contributed by atoms with Gasteiger partial charge in [0.05, 0.1) is 17.3 Å². The first-order valence-corrected chi connectivity index (χ1v) is 18.7. The third-order valence-corrected chi connectivity index (χ3v) is 13.6. The van der Waals surface area contributed by atoms with Gasteiger partial charge in [0.15, 0.2) is 9.84 Å². The Kier molecular flexibility index (Phi) is 10.4. The summed E-state index contributed by atoms with van der Waals surface area (Å²) in [5.74, 6) is 0.660. The van der Waals surface area contributed by atoms with Gasteiger partial charge >= 0.3 is 5.97 Å². The number of alkyl halides is 1. The molecule has 2 aliphatic carbocycles. The van der Waals surface area contributed by atoms with Crippen molar-refractivity contribution in [2.75, 3.05) is 64.5 Å². The number of sulfone groups is 1. The van der Waals surface area contributed by atoms with Gasteiger partial charge in [-0.05, 0) is 111 Å². The molecule has 10 heteroatoms. The summed E-state index contributed by atoms with van der Waals surface area (Å²) in [4.78, 5) is 17.8. The maximum atomic E-state index is 14.8. The molecule has 0 aromatic heterocycles. The lowest BCUT2D eigenvalue weighted by Gasteiger charge is -2.51. The molecule has 0 bridgehead atoms. The molecule has 252 valence electrons. The van der Waals surface area contributed by atoms with E-state index in [9.17, 15) is 22.0 Å². The third-order valence-electron chi connectivity index (χ3n) is 11.3. The highest BCUT2D eigenvalue weighted by Gasteiger charge is 2.51. The summed E-state index contributed by atoms with van der Waals surface area (Å²) < 4.78 is 58.4. The van der Waals surface area contributed by atoms with Crippen molar-refractivity contribution in [3.05, 3.63) is 59.9 Å². The highest BCUT2D eigenvalue weighted by Crippen LogP contribution is 2.53. The van der Waals surface area contributed by atoms with E-state index in [1.807, 2.05) is 18.2 Å². The van der Waals surface area contributed by atoms with Crippen LogP contribution in [0.3, 0.4) is 0 Å². The molecule has 2 aliphatic heterocycles. The number of hydrogen-bond acceptors (Lipinski definition) is 7. The lowest BCUT2D eigenvalue weighted by Crippen LogP contribution is -2.56. The smallest absolute Gasteiger partial charge is 0.305 e. The third kappa shape index (κ3) is 6.99. The Morgan fingerprint density at radius 1 is 1.02 bits per heavy atom. The maximum absolute atomic E-state index is 14.8. The average molecular weight is 658 g/mol. The molecular formula is C36H49F2N3O4S. The van der Waals surface area contributed by atoms with Crippen molar-refractivity contribution in [3.8, 4) is 0 Å². The highest BCUT2D eigenvalue weighted by atomic mass is 32.2. The average Bonchev–Trinajstić information content (AvgIpc) is 3.82. The molecule has 1 N–H and O–H groups in total. The second kappa shape index (κ2) is 14.3. The molecular weight excluding hydrogens is 608 g/mol. The quantitative estimate of drug-likeness (QED) is 0.216. The van der Waals surface area contributed by atoms with Crippen molar-refractivity contribution in [1.82, 2.24) is 10.2 Å². The molecule has 0 radical (unpaired) electrons. The van der Waals surface area contributed by atoms with Crippen LogP contribution in [0.4, 0.5) is 14.5 Å². The van der Waals surface area contributed by atoms with E-state index in [0.717, 1.165) is 88.9 Å². The monoisotopic (exact) mass is 657 g/mol. The Labute approximate surface area is 273 Å². The zero-order valence-corrected chi connectivity index (χ0v) is 27.8. The molecule has 2 aromatic carbocycles. The van der Waals surface area contributed by atoms with E-state index in [1.54, 1.807) is 24.3 Å². The first-order valence-electron chi connectivity index (χ1n) is 17.2. The molecule has 4 fully saturated rings. The molecule has 6 rings (SSSR count). The van der Waals surface area contributed by atoms with E-state index in [0.29, 0.717) is 23.8 Å². The second-order valence-corrected chi connectivity index (χ2v) is 16.3. The van der Waals surface area contributed by atoms with E-state index in [-0.39, 0.29) is 41.3 Å². The molecule has 2 aromatic rings. The summed E-state index contributed by atoms with van der Waals surface area (Å²) in [6.45, 7) is 5.16. The van der Waals surface area contributed by atoms with Crippen LogP contribution in [0.1, 0.15) is 56.9 Å². The highest BCUT2D eigenvalue weighted by molar-refractivity contribution is 7.92. The van der Waals surface area contributed by atoms with Gasteiger partial charge in [0, 0.05) is 56.2 Å². The summed E-state index contributed by atoms with van der Waals surface area (Å²) in [5, 5.41) is 3.20. The van der Waals surface area contributed by atoms with Gasteiger partial charge in [0.25, 0.3) is 0 Å². The van der Waals surface area contributed by atoms with Crippen molar-refractivity contribution in [1.29, 1.82) is 0 Å². The van der Waals surface area contributed by atoms with Gasteiger partial charge in [0.1, 0.15) is 12.5 Å². The number of nitrogens with one attached hydrogen (secondary N) is 1. The largest absolute Gasteiger partial charge is 0.469 e. The van der Waals surface area contributed by atoms with Gasteiger partial charge < -0.3 is 19.9 Å². The SMILES string of the molecule is COC(=O)C[C@H]1CCC[C@@H]1[C@](CNCCF)(c1cccc(F)c1)C1CCN(CC2CN(c3ccc(S(=O)(=O)C4CC4)cc3)C2)CC1. The fourth-order valence-corrected chi connectivity index (χ4v) is 10.5. The van der Waals surface area contributed by atoms with Crippen molar-refractivity contribution < 1.29 is 26.7 Å². The van der Waals surface area contributed by atoms with Crippen LogP contribution >= 0.6 is 0 Å². The van der Waals surface area contributed by atoms with Crippen LogP contribution in [-0.2, 0) is 24.8 Å². The van der Waals surface area contributed by atoms with Crippen LogP contribution in [0.2, 0.25) is 0 Å². The molecule has 2 saturated carbocycles. The predicted molar refractivity (Wildman–Crippen MR) is 176 cm³/mol. The fourth-order valence-electron chi connectivity index (χ4n) is 8.84. The molecule has 0 spiro atoms. The minimum absolute atomic E-state index is 0.143. The Morgan fingerprint density at radius 2 is 1.76 bits per heavy atom.